The molecule has 0 amide bonds. The molecule has 0 aliphatic carbocycles. The van der Waals surface area contributed by atoms with Crippen LogP contribution in [0.4, 0.5) is 0 Å². The molecule has 0 heterocycles. The second-order valence-electron chi connectivity index (χ2n) is 12.8. The first-order valence-electron chi connectivity index (χ1n) is 16.8. The Bertz CT molecular complexity index is 2390. The van der Waals surface area contributed by atoms with Gasteiger partial charge in [0.05, 0.1) is 6.61 Å². The van der Waals surface area contributed by atoms with E-state index in [0.29, 0.717) is 12.8 Å². The molecule has 0 fully saturated rings. The van der Waals surface area contributed by atoms with Gasteiger partial charge in [0.2, 0.25) is 0 Å². The first-order valence-corrected chi connectivity index (χ1v) is 16.8. The van der Waals surface area contributed by atoms with E-state index in [1.54, 1.807) is 0 Å². The van der Waals surface area contributed by atoms with Crippen LogP contribution in [0.2, 0.25) is 0 Å². The van der Waals surface area contributed by atoms with Gasteiger partial charge in [0.25, 0.3) is 0 Å². The lowest BCUT2D eigenvalue weighted by molar-refractivity contribution is -0.161. The summed E-state index contributed by atoms with van der Waals surface area (Å²) in [5.74, 6) is -0.770. The third-order valence-electron chi connectivity index (χ3n) is 9.82. The number of aliphatic hydroxyl groups excluding tert-OH is 1. The lowest BCUT2D eigenvalue weighted by Crippen LogP contribution is -2.28. The molecule has 8 aromatic rings. The van der Waals surface area contributed by atoms with E-state index < -0.39 is 18.7 Å². The Balaban J connectivity index is 0.828. The Labute approximate surface area is 278 Å². The fraction of sp³-hybridized carbons (Fsp3) is 0.209. The molecule has 5 heteroatoms. The summed E-state index contributed by atoms with van der Waals surface area (Å²) in [6.45, 7) is -0.564. The normalized spacial score (nSPS) is 12.6. The molecule has 0 aliphatic rings. The Kier molecular flexibility index (Phi) is 7.99. The van der Waals surface area contributed by atoms with Crippen LogP contribution in [0.15, 0.2) is 109 Å². The summed E-state index contributed by atoms with van der Waals surface area (Å²) in [7, 11) is 0. The highest BCUT2D eigenvalue weighted by atomic mass is 16.6. The number of rotatable bonds is 12. The smallest absolute Gasteiger partial charge is 0.306 e. The number of aliphatic hydroxyl groups is 1. The van der Waals surface area contributed by atoms with Crippen molar-refractivity contribution in [3.8, 4) is 0 Å². The van der Waals surface area contributed by atoms with Gasteiger partial charge < -0.3 is 14.6 Å². The minimum absolute atomic E-state index is 0.158. The highest BCUT2D eigenvalue weighted by molar-refractivity contribution is 6.24. The average molecular weight is 633 g/mol. The summed E-state index contributed by atoms with van der Waals surface area (Å²) in [6.07, 6.45) is 2.30. The van der Waals surface area contributed by atoms with Crippen LogP contribution >= 0.6 is 0 Å². The molecule has 8 aromatic carbocycles. The number of aryl methyl sites for hydroxylation is 2. The molecule has 238 valence electrons. The minimum Gasteiger partial charge on any atom is -0.462 e. The molecule has 0 saturated heterocycles. The van der Waals surface area contributed by atoms with Gasteiger partial charge in [-0.05, 0) is 101 Å². The van der Waals surface area contributed by atoms with Crippen LogP contribution in [0.3, 0.4) is 0 Å². The fourth-order valence-corrected chi connectivity index (χ4v) is 7.50. The highest BCUT2D eigenvalue weighted by Crippen LogP contribution is 2.37. The quantitative estimate of drug-likeness (QED) is 0.107. The highest BCUT2D eigenvalue weighted by Gasteiger charge is 2.18. The molecule has 0 radical (unpaired) electrons. The second kappa shape index (κ2) is 12.7. The Morgan fingerprint density at radius 1 is 0.521 bits per heavy atom. The maximum atomic E-state index is 12.7. The van der Waals surface area contributed by atoms with Gasteiger partial charge in [0.15, 0.2) is 6.10 Å². The summed E-state index contributed by atoms with van der Waals surface area (Å²) in [5, 5.41) is 24.7. The molecular formula is C43H36O5. The van der Waals surface area contributed by atoms with Crippen molar-refractivity contribution < 1.29 is 24.2 Å². The molecule has 48 heavy (non-hydrogen) atoms. The minimum atomic E-state index is -0.881. The number of hydrogen-bond acceptors (Lipinski definition) is 5. The molecule has 0 aromatic heterocycles. The standard InChI is InChI=1S/C43H36O5/c44-25-35(48-39(46)12-4-6-28-14-16-34-20-18-30-8-2-10-32-22-24-37(28)43(34)41(30)32)26-47-38(45)11-3-5-27-13-15-33-19-17-29-7-1-9-31-21-23-36(27)42(33)40(29)31/h1-2,7-10,13-24,35,44H,3-6,11-12,25-26H2/t35-/m0/s1. The van der Waals surface area contributed by atoms with Crippen molar-refractivity contribution in [3.63, 3.8) is 0 Å². The molecule has 0 unspecified atom stereocenters. The summed E-state index contributed by atoms with van der Waals surface area (Å²) >= 11 is 0. The fourth-order valence-electron chi connectivity index (χ4n) is 7.50. The molecule has 1 atom stereocenters. The van der Waals surface area contributed by atoms with Gasteiger partial charge in [-0.3, -0.25) is 9.59 Å². The van der Waals surface area contributed by atoms with Crippen molar-refractivity contribution in [3.05, 3.63) is 120 Å². The number of esters is 2. The van der Waals surface area contributed by atoms with E-state index >= 15 is 0 Å². The van der Waals surface area contributed by atoms with E-state index in [-0.39, 0.29) is 25.4 Å². The summed E-state index contributed by atoms with van der Waals surface area (Å²) in [4.78, 5) is 25.3. The Morgan fingerprint density at radius 2 is 0.938 bits per heavy atom. The average Bonchev–Trinajstić information content (AvgIpc) is 3.12. The molecule has 0 saturated carbocycles. The van der Waals surface area contributed by atoms with Gasteiger partial charge >= 0.3 is 11.9 Å². The second-order valence-corrected chi connectivity index (χ2v) is 12.8. The summed E-state index contributed by atoms with van der Waals surface area (Å²) < 4.78 is 10.9. The molecule has 0 bridgehead atoms. The zero-order valence-corrected chi connectivity index (χ0v) is 26.7. The molecule has 8 rings (SSSR count). The maximum absolute atomic E-state index is 12.7. The van der Waals surface area contributed by atoms with Crippen LogP contribution in [0.5, 0.6) is 0 Å². The van der Waals surface area contributed by atoms with Gasteiger partial charge in [0, 0.05) is 12.8 Å². The van der Waals surface area contributed by atoms with Crippen molar-refractivity contribution in [2.24, 2.45) is 0 Å². The van der Waals surface area contributed by atoms with E-state index in [9.17, 15) is 14.7 Å². The van der Waals surface area contributed by atoms with Gasteiger partial charge in [0.1, 0.15) is 6.61 Å². The predicted octanol–water partition coefficient (Wildman–Crippen LogP) is 9.27. The lowest BCUT2D eigenvalue weighted by Gasteiger charge is -2.16. The zero-order chi connectivity index (χ0) is 32.6. The van der Waals surface area contributed by atoms with E-state index in [4.69, 9.17) is 9.47 Å². The lowest BCUT2D eigenvalue weighted by atomic mass is 9.90. The first-order chi connectivity index (χ1) is 23.6. The SMILES string of the molecule is O=C(CCCc1ccc2ccc3cccc4ccc1c2c34)OC[C@H](CO)OC(=O)CCCc1ccc2ccc3cccc4ccc1c2c34. The zero-order valence-electron chi connectivity index (χ0n) is 26.7. The first kappa shape index (κ1) is 30.1. The molecule has 5 nitrogen and oxygen atoms in total. The topological polar surface area (TPSA) is 72.8 Å². The van der Waals surface area contributed by atoms with Crippen LogP contribution < -0.4 is 0 Å². The van der Waals surface area contributed by atoms with Crippen LogP contribution in [0.1, 0.15) is 36.8 Å². The van der Waals surface area contributed by atoms with E-state index in [1.807, 2.05) is 0 Å². The van der Waals surface area contributed by atoms with Crippen molar-refractivity contribution in [1.29, 1.82) is 0 Å². The number of hydrogen-bond donors (Lipinski definition) is 1. The van der Waals surface area contributed by atoms with Crippen molar-refractivity contribution in [1.82, 2.24) is 0 Å². The molecular weight excluding hydrogens is 596 g/mol. The largest absolute Gasteiger partial charge is 0.462 e. The number of carbonyl (C=O) groups excluding carboxylic acids is 2. The van der Waals surface area contributed by atoms with Crippen LogP contribution in [-0.4, -0.2) is 36.4 Å². The summed E-state index contributed by atoms with van der Waals surface area (Å²) in [6, 6.07) is 38.8. The summed E-state index contributed by atoms with van der Waals surface area (Å²) in [5.41, 5.74) is 2.40. The van der Waals surface area contributed by atoms with E-state index in [2.05, 4.69) is 109 Å². The molecule has 0 aliphatic heterocycles. The van der Waals surface area contributed by atoms with Gasteiger partial charge in [-0.1, -0.05) is 109 Å². The predicted molar refractivity (Wildman–Crippen MR) is 194 cm³/mol. The molecule has 0 spiro atoms. The van der Waals surface area contributed by atoms with E-state index in [1.165, 1.54) is 75.8 Å². The van der Waals surface area contributed by atoms with Gasteiger partial charge in [-0.2, -0.15) is 0 Å². The van der Waals surface area contributed by atoms with E-state index in [0.717, 1.165) is 12.8 Å². The van der Waals surface area contributed by atoms with Crippen LogP contribution in [-0.2, 0) is 31.9 Å². The van der Waals surface area contributed by atoms with Crippen LogP contribution in [0, 0.1) is 0 Å². The Hall–Kier alpha value is -5.26. The molecule has 1 N–H and O–H groups in total. The van der Waals surface area contributed by atoms with Crippen LogP contribution in [0.25, 0.3) is 64.6 Å². The number of carbonyl (C=O) groups is 2. The monoisotopic (exact) mass is 632 g/mol. The van der Waals surface area contributed by atoms with Gasteiger partial charge in [-0.15, -0.1) is 0 Å². The maximum Gasteiger partial charge on any atom is 0.306 e. The third-order valence-corrected chi connectivity index (χ3v) is 9.82. The van der Waals surface area contributed by atoms with Crippen molar-refractivity contribution >= 4 is 76.6 Å². The number of ether oxygens (including phenoxy) is 2. The number of benzene rings is 8. The van der Waals surface area contributed by atoms with Crippen molar-refractivity contribution in [2.45, 2.75) is 44.6 Å². The van der Waals surface area contributed by atoms with Crippen molar-refractivity contribution in [2.75, 3.05) is 13.2 Å². The third kappa shape index (κ3) is 5.54. The Morgan fingerprint density at radius 3 is 1.42 bits per heavy atom. The van der Waals surface area contributed by atoms with Gasteiger partial charge in [-0.25, -0.2) is 0 Å².